The Morgan fingerprint density at radius 2 is 2.00 bits per heavy atom. The molecule has 150 valence electrons. The molecule has 1 atom stereocenters. The van der Waals surface area contributed by atoms with Crippen LogP contribution in [0.25, 0.3) is 0 Å². The van der Waals surface area contributed by atoms with Crippen LogP contribution < -0.4 is 5.32 Å². The van der Waals surface area contributed by atoms with E-state index in [1.54, 1.807) is 17.0 Å². The first-order chi connectivity index (χ1) is 13.3. The fraction of sp³-hybridized carbons (Fsp3) is 0.500. The summed E-state index contributed by atoms with van der Waals surface area (Å²) in [6.45, 7) is 6.08. The Labute approximate surface area is 164 Å². The fourth-order valence-corrected chi connectivity index (χ4v) is 3.07. The van der Waals surface area contributed by atoms with Crippen LogP contribution in [0.4, 0.5) is 10.5 Å². The highest BCUT2D eigenvalue weighted by atomic mass is 16.6. The molecule has 1 saturated heterocycles. The molecule has 8 heteroatoms. The number of ether oxygens (including phenoxy) is 1. The van der Waals surface area contributed by atoms with Crippen molar-refractivity contribution in [2.75, 3.05) is 11.9 Å². The normalized spacial score (nSPS) is 17.2. The summed E-state index contributed by atoms with van der Waals surface area (Å²) in [5.41, 5.74) is 0.133. The Bertz CT molecular complexity index is 813. The van der Waals surface area contributed by atoms with Crippen LogP contribution in [0.2, 0.25) is 0 Å². The van der Waals surface area contributed by atoms with E-state index in [-0.39, 0.29) is 24.2 Å². The van der Waals surface area contributed by atoms with Crippen LogP contribution in [0.1, 0.15) is 57.8 Å². The summed E-state index contributed by atoms with van der Waals surface area (Å²) in [5.74, 6) is 0.400. The molecule has 2 aromatic rings. The second kappa shape index (κ2) is 8.41. The van der Waals surface area contributed by atoms with E-state index in [1.807, 2.05) is 39.0 Å². The van der Waals surface area contributed by atoms with E-state index in [4.69, 9.17) is 9.26 Å². The minimum absolute atomic E-state index is 0.00243. The number of nitrogens with zero attached hydrogens (tertiary/aromatic N) is 3. The number of aromatic nitrogens is 2. The highest BCUT2D eigenvalue weighted by Crippen LogP contribution is 2.31. The zero-order valence-corrected chi connectivity index (χ0v) is 16.5. The van der Waals surface area contributed by atoms with Crippen LogP contribution in [-0.2, 0) is 16.0 Å². The molecule has 0 saturated carbocycles. The fourth-order valence-electron chi connectivity index (χ4n) is 3.07. The third-order valence-electron chi connectivity index (χ3n) is 4.28. The lowest BCUT2D eigenvalue weighted by molar-refractivity contribution is -0.115. The van der Waals surface area contributed by atoms with Crippen molar-refractivity contribution in [3.05, 3.63) is 42.0 Å². The molecule has 1 N–H and O–H groups in total. The minimum atomic E-state index is -0.575. The molecule has 1 fully saturated rings. The number of anilines is 1. The average molecular weight is 386 g/mol. The number of nitrogens with one attached hydrogen (secondary N) is 1. The van der Waals surface area contributed by atoms with Crippen molar-refractivity contribution < 1.29 is 18.8 Å². The first kappa shape index (κ1) is 19.9. The molecule has 1 aliphatic heterocycles. The molecule has 0 aliphatic carbocycles. The molecule has 3 rings (SSSR count). The first-order valence-electron chi connectivity index (χ1n) is 9.49. The lowest BCUT2D eigenvalue weighted by Gasteiger charge is -2.34. The third kappa shape index (κ3) is 5.31. The molecule has 1 aromatic heterocycles. The highest BCUT2D eigenvalue weighted by molar-refractivity contribution is 5.91. The minimum Gasteiger partial charge on any atom is -0.444 e. The van der Waals surface area contributed by atoms with E-state index >= 15 is 0 Å². The van der Waals surface area contributed by atoms with Gasteiger partial charge in [-0.25, -0.2) is 4.79 Å². The number of carbonyl (C=O) groups excluding carboxylic acids is 2. The predicted molar refractivity (Wildman–Crippen MR) is 103 cm³/mol. The Hall–Kier alpha value is -2.90. The van der Waals surface area contributed by atoms with E-state index in [1.165, 1.54) is 0 Å². The van der Waals surface area contributed by atoms with Gasteiger partial charge in [0.15, 0.2) is 5.82 Å². The number of piperidine rings is 1. The van der Waals surface area contributed by atoms with Crippen molar-refractivity contribution in [2.24, 2.45) is 0 Å². The van der Waals surface area contributed by atoms with Gasteiger partial charge in [-0.3, -0.25) is 9.69 Å². The van der Waals surface area contributed by atoms with Crippen LogP contribution in [-0.4, -0.2) is 39.2 Å². The van der Waals surface area contributed by atoms with Crippen molar-refractivity contribution in [3.8, 4) is 0 Å². The summed E-state index contributed by atoms with van der Waals surface area (Å²) in [4.78, 5) is 30.7. The van der Waals surface area contributed by atoms with Crippen LogP contribution >= 0.6 is 0 Å². The second-order valence-electron chi connectivity index (χ2n) is 7.83. The monoisotopic (exact) mass is 386 g/mol. The third-order valence-corrected chi connectivity index (χ3v) is 4.28. The second-order valence-corrected chi connectivity index (χ2v) is 7.83. The standard InChI is InChI=1S/C20H26N4O4/c1-20(2,3)27-19(26)24-12-8-7-11-15(24)18-22-16(23-28-18)13-17(25)21-14-9-5-4-6-10-14/h4-6,9-10,15H,7-8,11-13H2,1-3H3,(H,21,25)/t15-/m0/s1. The molecule has 8 nitrogen and oxygen atoms in total. The number of amides is 2. The summed E-state index contributed by atoms with van der Waals surface area (Å²) in [5, 5.41) is 6.70. The molecule has 2 heterocycles. The van der Waals surface area contributed by atoms with Crippen LogP contribution in [0, 0.1) is 0 Å². The summed E-state index contributed by atoms with van der Waals surface area (Å²) in [6, 6.07) is 8.84. The molecular formula is C20H26N4O4. The molecule has 1 aromatic carbocycles. The van der Waals surface area contributed by atoms with E-state index in [2.05, 4.69) is 15.5 Å². The maximum absolute atomic E-state index is 12.5. The first-order valence-corrected chi connectivity index (χ1v) is 9.49. The largest absolute Gasteiger partial charge is 0.444 e. The van der Waals surface area contributed by atoms with E-state index in [0.717, 1.165) is 19.3 Å². The lowest BCUT2D eigenvalue weighted by Crippen LogP contribution is -2.42. The number of para-hydroxylation sites is 1. The topological polar surface area (TPSA) is 97.6 Å². The quantitative estimate of drug-likeness (QED) is 0.860. The van der Waals surface area contributed by atoms with Crippen molar-refractivity contribution in [2.45, 2.75) is 58.1 Å². The molecule has 1 aliphatic rings. The van der Waals surface area contributed by atoms with Crippen molar-refractivity contribution in [3.63, 3.8) is 0 Å². The van der Waals surface area contributed by atoms with Crippen molar-refractivity contribution in [1.82, 2.24) is 15.0 Å². The number of hydrogen-bond acceptors (Lipinski definition) is 6. The van der Waals surface area contributed by atoms with Gasteiger partial charge in [0.2, 0.25) is 11.8 Å². The Balaban J connectivity index is 1.65. The maximum atomic E-state index is 12.5. The van der Waals surface area contributed by atoms with Crippen LogP contribution in [0.5, 0.6) is 0 Å². The summed E-state index contributed by atoms with van der Waals surface area (Å²) < 4.78 is 10.9. The molecular weight excluding hydrogens is 360 g/mol. The highest BCUT2D eigenvalue weighted by Gasteiger charge is 2.34. The van der Waals surface area contributed by atoms with E-state index < -0.39 is 11.7 Å². The molecule has 0 radical (unpaired) electrons. The molecule has 2 amide bonds. The van der Waals surface area contributed by atoms with Crippen LogP contribution in [0.15, 0.2) is 34.9 Å². The van der Waals surface area contributed by atoms with Gasteiger partial charge in [0, 0.05) is 12.2 Å². The molecule has 0 spiro atoms. The van der Waals surface area contributed by atoms with E-state index in [9.17, 15) is 9.59 Å². The number of carbonyl (C=O) groups is 2. The van der Waals surface area contributed by atoms with Gasteiger partial charge in [-0.15, -0.1) is 0 Å². The van der Waals surface area contributed by atoms with Crippen LogP contribution in [0.3, 0.4) is 0 Å². The van der Waals surface area contributed by atoms with Crippen molar-refractivity contribution >= 4 is 17.7 Å². The smallest absolute Gasteiger partial charge is 0.410 e. The van der Waals surface area contributed by atoms with Gasteiger partial charge < -0.3 is 14.6 Å². The Kier molecular flexibility index (Phi) is 5.96. The van der Waals surface area contributed by atoms with Gasteiger partial charge in [-0.05, 0) is 52.2 Å². The predicted octanol–water partition coefficient (Wildman–Crippen LogP) is 3.71. The number of hydrogen-bond donors (Lipinski definition) is 1. The molecule has 0 unspecified atom stereocenters. The van der Waals surface area contributed by atoms with E-state index in [0.29, 0.717) is 18.1 Å². The van der Waals surface area contributed by atoms with Gasteiger partial charge >= 0.3 is 6.09 Å². The summed E-state index contributed by atoms with van der Waals surface area (Å²) in [7, 11) is 0. The summed E-state index contributed by atoms with van der Waals surface area (Å²) in [6.07, 6.45) is 2.18. The number of rotatable bonds is 4. The van der Waals surface area contributed by atoms with Gasteiger partial charge in [-0.1, -0.05) is 23.4 Å². The van der Waals surface area contributed by atoms with Gasteiger partial charge in [0.25, 0.3) is 0 Å². The number of likely N-dealkylation sites (tertiary alicyclic amines) is 1. The Morgan fingerprint density at radius 3 is 2.71 bits per heavy atom. The van der Waals surface area contributed by atoms with Gasteiger partial charge in [0.05, 0.1) is 6.42 Å². The molecule has 0 bridgehead atoms. The van der Waals surface area contributed by atoms with Gasteiger partial charge in [-0.2, -0.15) is 4.98 Å². The SMILES string of the molecule is CC(C)(C)OC(=O)N1CCCC[C@H]1c1nc(CC(=O)Nc2ccccc2)no1. The molecule has 28 heavy (non-hydrogen) atoms. The summed E-state index contributed by atoms with van der Waals surface area (Å²) >= 11 is 0. The average Bonchev–Trinajstić information content (AvgIpc) is 3.09. The van der Waals surface area contributed by atoms with Gasteiger partial charge in [0.1, 0.15) is 11.6 Å². The zero-order valence-electron chi connectivity index (χ0n) is 16.5. The number of benzene rings is 1. The Morgan fingerprint density at radius 1 is 1.25 bits per heavy atom. The lowest BCUT2D eigenvalue weighted by atomic mass is 10.0. The maximum Gasteiger partial charge on any atom is 0.410 e. The zero-order chi connectivity index (χ0) is 20.1. The van der Waals surface area contributed by atoms with Crippen molar-refractivity contribution in [1.29, 1.82) is 0 Å².